The van der Waals surface area contributed by atoms with Gasteiger partial charge in [0.15, 0.2) is 0 Å². The molecule has 0 amide bonds. The molecule has 51 heavy (non-hydrogen) atoms. The van der Waals surface area contributed by atoms with Crippen LogP contribution in [0.1, 0.15) is 150 Å². The molecule has 0 saturated carbocycles. The number of carbonyl (C=O) groups is 3. The molecule has 3 atom stereocenters. The minimum Gasteiger partial charge on any atom is -0.462 e. The number of carbonyl (C=O) groups excluding carboxylic acids is 3. The van der Waals surface area contributed by atoms with E-state index < -0.39 is 0 Å². The second kappa shape index (κ2) is 20.2. The van der Waals surface area contributed by atoms with Crippen molar-refractivity contribution >= 4 is 50.2 Å². The van der Waals surface area contributed by atoms with Crippen molar-refractivity contribution in [2.45, 2.75) is 119 Å². The van der Waals surface area contributed by atoms with Gasteiger partial charge in [-0.1, -0.05) is 118 Å². The number of esters is 3. The number of rotatable bonds is 21. The molecule has 0 saturated heterocycles. The van der Waals surface area contributed by atoms with Crippen molar-refractivity contribution in [3.63, 3.8) is 0 Å². The summed E-state index contributed by atoms with van der Waals surface area (Å²) in [5.41, 5.74) is 1.42. The summed E-state index contributed by atoms with van der Waals surface area (Å²) in [5, 5.41) is 5.28. The Morgan fingerprint density at radius 3 is 0.941 bits per heavy atom. The van der Waals surface area contributed by atoms with Gasteiger partial charge in [0.05, 0.1) is 36.5 Å². The highest BCUT2D eigenvalue weighted by Gasteiger charge is 2.19. The third-order valence-corrected chi connectivity index (χ3v) is 10.6. The van der Waals surface area contributed by atoms with E-state index >= 15 is 0 Å². The Labute approximate surface area is 305 Å². The standard InChI is InChI=1S/C45H60O6/c1-7-13-16-31(10-4)28-49-43(46)34-19-22-37-40(25-34)38-23-20-35(44(47)50-29-32(11-5)17-14-8-2)27-42(38)39-24-21-36(26-41(37)39)45(48)51-30-33(12-6)18-15-9-3/h19-27,31-33H,7-18,28-30H2,1-6H3/t31-,32-,33-/m0/s1. The van der Waals surface area contributed by atoms with E-state index in [4.69, 9.17) is 14.2 Å². The third-order valence-electron chi connectivity index (χ3n) is 10.6. The van der Waals surface area contributed by atoms with E-state index in [-0.39, 0.29) is 17.9 Å². The Morgan fingerprint density at radius 1 is 0.431 bits per heavy atom. The molecule has 0 aromatic heterocycles. The van der Waals surface area contributed by atoms with Crippen LogP contribution in [-0.4, -0.2) is 37.7 Å². The van der Waals surface area contributed by atoms with E-state index in [0.717, 1.165) is 109 Å². The zero-order valence-electron chi connectivity index (χ0n) is 32.0. The van der Waals surface area contributed by atoms with Gasteiger partial charge in [0.2, 0.25) is 0 Å². The molecule has 0 bridgehead atoms. The zero-order chi connectivity index (χ0) is 36.8. The molecule has 4 aromatic rings. The van der Waals surface area contributed by atoms with Crippen LogP contribution < -0.4 is 0 Å². The molecule has 0 aliphatic rings. The number of hydrogen-bond acceptors (Lipinski definition) is 6. The maximum atomic E-state index is 13.4. The lowest BCUT2D eigenvalue weighted by Gasteiger charge is -2.17. The van der Waals surface area contributed by atoms with E-state index in [1.807, 2.05) is 54.6 Å². The first-order valence-corrected chi connectivity index (χ1v) is 19.7. The summed E-state index contributed by atoms with van der Waals surface area (Å²) in [5.74, 6) is -0.0175. The predicted molar refractivity (Wildman–Crippen MR) is 210 cm³/mol. The van der Waals surface area contributed by atoms with Gasteiger partial charge in [0, 0.05) is 0 Å². The van der Waals surface area contributed by atoms with Crippen molar-refractivity contribution in [3.8, 4) is 0 Å². The van der Waals surface area contributed by atoms with Gasteiger partial charge in [-0.15, -0.1) is 0 Å². The van der Waals surface area contributed by atoms with Crippen LogP contribution in [-0.2, 0) is 14.2 Å². The maximum Gasteiger partial charge on any atom is 0.338 e. The molecule has 0 heterocycles. The minimum atomic E-state index is -0.347. The number of ether oxygens (including phenoxy) is 3. The first-order valence-electron chi connectivity index (χ1n) is 19.7. The van der Waals surface area contributed by atoms with Crippen LogP contribution in [0.15, 0.2) is 54.6 Å². The average molecular weight is 697 g/mol. The highest BCUT2D eigenvalue weighted by Crippen LogP contribution is 2.37. The van der Waals surface area contributed by atoms with E-state index in [0.29, 0.717) is 54.3 Å². The molecule has 0 radical (unpaired) electrons. The third kappa shape index (κ3) is 10.6. The number of fused-ring (bicyclic) bond motifs is 6. The molecule has 0 aliphatic carbocycles. The number of benzene rings is 4. The number of hydrogen-bond donors (Lipinski definition) is 0. The first-order chi connectivity index (χ1) is 24.8. The fourth-order valence-corrected chi connectivity index (χ4v) is 6.91. The van der Waals surface area contributed by atoms with Crippen molar-refractivity contribution in [1.29, 1.82) is 0 Å². The van der Waals surface area contributed by atoms with Crippen LogP contribution in [0.3, 0.4) is 0 Å². The van der Waals surface area contributed by atoms with Crippen LogP contribution in [0.4, 0.5) is 0 Å². The summed E-state index contributed by atoms with van der Waals surface area (Å²) in [6.45, 7) is 14.1. The van der Waals surface area contributed by atoms with Crippen molar-refractivity contribution in [1.82, 2.24) is 0 Å². The fourth-order valence-electron chi connectivity index (χ4n) is 6.91. The molecule has 4 rings (SSSR count). The van der Waals surface area contributed by atoms with E-state index in [1.54, 1.807) is 0 Å². The quantitative estimate of drug-likeness (QED) is 0.0490. The van der Waals surface area contributed by atoms with Crippen LogP contribution in [0, 0.1) is 17.8 Å². The van der Waals surface area contributed by atoms with Crippen LogP contribution in [0.5, 0.6) is 0 Å². The van der Waals surface area contributed by atoms with Crippen molar-refractivity contribution < 1.29 is 28.6 Å². The van der Waals surface area contributed by atoms with Gasteiger partial charge in [-0.05, 0) is 106 Å². The maximum absolute atomic E-state index is 13.4. The second-order valence-corrected chi connectivity index (χ2v) is 14.3. The zero-order valence-corrected chi connectivity index (χ0v) is 32.0. The summed E-state index contributed by atoms with van der Waals surface area (Å²) in [7, 11) is 0. The Morgan fingerprint density at radius 2 is 0.706 bits per heavy atom. The Hall–Kier alpha value is -3.93. The van der Waals surface area contributed by atoms with Gasteiger partial charge in [0.1, 0.15) is 0 Å². The topological polar surface area (TPSA) is 78.9 Å². The summed E-state index contributed by atoms with van der Waals surface area (Å²) in [4.78, 5) is 40.1. The van der Waals surface area contributed by atoms with Crippen molar-refractivity contribution in [3.05, 3.63) is 71.3 Å². The molecular formula is C45H60O6. The van der Waals surface area contributed by atoms with Gasteiger partial charge in [-0.2, -0.15) is 0 Å². The van der Waals surface area contributed by atoms with Gasteiger partial charge >= 0.3 is 17.9 Å². The SMILES string of the molecule is CCCC[C@H](CC)COC(=O)c1ccc2c(c1)c1ccc(C(=O)OC[C@@H](CC)CCCC)cc1c1ccc(C(=O)OC[C@@H](CC)CCCC)cc21. The molecule has 276 valence electrons. The van der Waals surface area contributed by atoms with Gasteiger partial charge in [0.25, 0.3) is 0 Å². The molecular weight excluding hydrogens is 636 g/mol. The van der Waals surface area contributed by atoms with Gasteiger partial charge in [-0.3, -0.25) is 0 Å². The molecule has 0 unspecified atom stereocenters. The van der Waals surface area contributed by atoms with Crippen LogP contribution >= 0.6 is 0 Å². The lowest BCUT2D eigenvalue weighted by atomic mass is 9.91. The number of unbranched alkanes of at least 4 members (excludes halogenated alkanes) is 3. The highest BCUT2D eigenvalue weighted by molar-refractivity contribution is 6.27. The lowest BCUT2D eigenvalue weighted by Crippen LogP contribution is -2.14. The fraction of sp³-hybridized carbons (Fsp3) is 0.533. The predicted octanol–water partition coefficient (Wildman–Crippen LogP) is 12.3. The second-order valence-electron chi connectivity index (χ2n) is 14.3. The molecule has 4 aromatic carbocycles. The average Bonchev–Trinajstić information content (AvgIpc) is 3.17. The normalized spacial score (nSPS) is 13.3. The van der Waals surface area contributed by atoms with E-state index in [1.165, 1.54) is 0 Å². The summed E-state index contributed by atoms with van der Waals surface area (Å²) in [6.07, 6.45) is 12.7. The van der Waals surface area contributed by atoms with Crippen LogP contribution in [0.2, 0.25) is 0 Å². The Balaban J connectivity index is 1.74. The summed E-state index contributed by atoms with van der Waals surface area (Å²) < 4.78 is 17.5. The highest BCUT2D eigenvalue weighted by atomic mass is 16.5. The molecule has 0 fully saturated rings. The van der Waals surface area contributed by atoms with E-state index in [9.17, 15) is 14.4 Å². The molecule has 6 heteroatoms. The summed E-state index contributed by atoms with van der Waals surface area (Å²) in [6, 6.07) is 16.9. The largest absolute Gasteiger partial charge is 0.462 e. The molecule has 0 spiro atoms. The first kappa shape index (κ1) is 39.8. The minimum absolute atomic E-state index is 0.342. The van der Waals surface area contributed by atoms with E-state index in [2.05, 4.69) is 41.5 Å². The molecule has 0 aliphatic heterocycles. The monoisotopic (exact) mass is 696 g/mol. The van der Waals surface area contributed by atoms with Crippen molar-refractivity contribution in [2.75, 3.05) is 19.8 Å². The Kier molecular flexibility index (Phi) is 15.8. The molecule has 6 nitrogen and oxygen atoms in total. The smallest absolute Gasteiger partial charge is 0.338 e. The Bertz CT molecular complexity index is 1520. The van der Waals surface area contributed by atoms with Gasteiger partial charge < -0.3 is 14.2 Å². The van der Waals surface area contributed by atoms with Crippen LogP contribution in [0.25, 0.3) is 32.3 Å². The van der Waals surface area contributed by atoms with Crippen molar-refractivity contribution in [2.24, 2.45) is 17.8 Å². The molecule has 0 N–H and O–H groups in total. The lowest BCUT2D eigenvalue weighted by molar-refractivity contribution is 0.0420. The van der Waals surface area contributed by atoms with Gasteiger partial charge in [-0.25, -0.2) is 14.4 Å². The summed E-state index contributed by atoms with van der Waals surface area (Å²) >= 11 is 0.